The third-order valence-corrected chi connectivity index (χ3v) is 6.43. The zero-order valence-corrected chi connectivity index (χ0v) is 16.9. The van der Waals surface area contributed by atoms with Gasteiger partial charge < -0.3 is 9.64 Å². The topological polar surface area (TPSA) is 84.4 Å². The maximum absolute atomic E-state index is 12.5. The number of methoxy groups -OCH3 is 1. The number of ether oxygens (including phenoxy) is 1. The van der Waals surface area contributed by atoms with Crippen molar-refractivity contribution in [3.63, 3.8) is 0 Å². The van der Waals surface area contributed by atoms with Crippen molar-refractivity contribution in [1.82, 2.24) is 14.9 Å². The lowest BCUT2D eigenvalue weighted by atomic mass is 9.97. The van der Waals surface area contributed by atoms with Gasteiger partial charge in [0.1, 0.15) is 5.75 Å². The number of hydrogen-bond acceptors (Lipinski definition) is 6. The molecule has 7 nitrogen and oxygen atoms in total. The predicted octanol–water partition coefficient (Wildman–Crippen LogP) is 2.64. The molecule has 1 aromatic heterocycles. The highest BCUT2D eigenvalue weighted by Crippen LogP contribution is 2.27. The number of anilines is 1. The van der Waals surface area contributed by atoms with Gasteiger partial charge in [-0.2, -0.15) is 5.10 Å². The second kappa shape index (κ2) is 8.41. The van der Waals surface area contributed by atoms with Gasteiger partial charge in [0.05, 0.1) is 22.7 Å². The van der Waals surface area contributed by atoms with Gasteiger partial charge in [0.25, 0.3) is 0 Å². The van der Waals surface area contributed by atoms with Crippen molar-refractivity contribution in [2.45, 2.75) is 24.7 Å². The van der Waals surface area contributed by atoms with Crippen molar-refractivity contribution in [3.05, 3.63) is 41.0 Å². The molecule has 1 aromatic carbocycles. The maximum Gasteiger partial charge on any atom is 0.240 e. The first-order valence-electron chi connectivity index (χ1n) is 8.77. The smallest absolute Gasteiger partial charge is 0.240 e. The van der Waals surface area contributed by atoms with Crippen LogP contribution in [0.25, 0.3) is 0 Å². The standard InChI is InChI=1S/C18H23ClN4O3S/c1-13-3-6-18(22-21-13)23-9-7-14(8-10-23)12-20-27(24,25)15-4-5-17(26-2)16(19)11-15/h3-6,11,14,20H,7-10,12H2,1-2H3. The van der Waals surface area contributed by atoms with E-state index in [4.69, 9.17) is 16.3 Å². The molecule has 1 fully saturated rings. The van der Waals surface area contributed by atoms with E-state index >= 15 is 0 Å². The fourth-order valence-electron chi connectivity index (χ4n) is 3.05. The van der Waals surface area contributed by atoms with Crippen molar-refractivity contribution in [1.29, 1.82) is 0 Å². The van der Waals surface area contributed by atoms with E-state index in [-0.39, 0.29) is 15.8 Å². The van der Waals surface area contributed by atoms with E-state index in [2.05, 4.69) is 19.8 Å². The zero-order valence-electron chi connectivity index (χ0n) is 15.4. The van der Waals surface area contributed by atoms with E-state index in [0.29, 0.717) is 12.3 Å². The molecular weight excluding hydrogens is 388 g/mol. The molecule has 0 unspecified atom stereocenters. The van der Waals surface area contributed by atoms with E-state index in [9.17, 15) is 8.42 Å². The van der Waals surface area contributed by atoms with Crippen molar-refractivity contribution in [2.75, 3.05) is 31.6 Å². The summed E-state index contributed by atoms with van der Waals surface area (Å²) < 4.78 is 32.8. The number of halogens is 1. The molecule has 0 spiro atoms. The molecule has 1 N–H and O–H groups in total. The summed E-state index contributed by atoms with van der Waals surface area (Å²) in [5.74, 6) is 1.60. The van der Waals surface area contributed by atoms with Crippen molar-refractivity contribution in [2.24, 2.45) is 5.92 Å². The van der Waals surface area contributed by atoms with Gasteiger partial charge in [-0.25, -0.2) is 13.1 Å². The van der Waals surface area contributed by atoms with E-state index in [1.165, 1.54) is 19.2 Å². The highest BCUT2D eigenvalue weighted by atomic mass is 35.5. The minimum Gasteiger partial charge on any atom is -0.495 e. The number of nitrogens with zero attached hydrogens (tertiary/aromatic N) is 3. The van der Waals surface area contributed by atoms with Gasteiger partial charge in [-0.1, -0.05) is 11.6 Å². The molecule has 3 rings (SSSR count). The van der Waals surface area contributed by atoms with Crippen LogP contribution in [-0.2, 0) is 10.0 Å². The third-order valence-electron chi connectivity index (χ3n) is 4.72. The molecule has 0 amide bonds. The third kappa shape index (κ3) is 4.88. The predicted molar refractivity (Wildman–Crippen MR) is 105 cm³/mol. The minimum absolute atomic E-state index is 0.140. The van der Waals surface area contributed by atoms with Crippen LogP contribution in [0.4, 0.5) is 5.82 Å². The van der Waals surface area contributed by atoms with Crippen LogP contribution in [0.3, 0.4) is 0 Å². The molecule has 1 aliphatic heterocycles. The van der Waals surface area contributed by atoms with Crippen LogP contribution in [0.2, 0.25) is 5.02 Å². The van der Waals surface area contributed by atoms with Crippen LogP contribution in [-0.4, -0.2) is 45.4 Å². The number of piperidine rings is 1. The second-order valence-corrected chi connectivity index (χ2v) is 8.79. The molecule has 9 heteroatoms. The number of nitrogens with one attached hydrogen (secondary N) is 1. The Morgan fingerprint density at radius 3 is 2.56 bits per heavy atom. The Morgan fingerprint density at radius 2 is 1.96 bits per heavy atom. The molecule has 1 saturated heterocycles. The number of sulfonamides is 1. The number of aryl methyl sites for hydroxylation is 1. The summed E-state index contributed by atoms with van der Waals surface area (Å²) in [7, 11) is -2.12. The van der Waals surface area contributed by atoms with E-state index in [1.54, 1.807) is 6.07 Å². The van der Waals surface area contributed by atoms with Gasteiger partial charge in [0, 0.05) is 19.6 Å². The summed E-state index contributed by atoms with van der Waals surface area (Å²) in [4.78, 5) is 2.32. The Morgan fingerprint density at radius 1 is 1.22 bits per heavy atom. The van der Waals surface area contributed by atoms with Crippen molar-refractivity contribution >= 4 is 27.4 Å². The minimum atomic E-state index is -3.60. The highest BCUT2D eigenvalue weighted by Gasteiger charge is 2.23. The fraction of sp³-hybridized carbons (Fsp3) is 0.444. The quantitative estimate of drug-likeness (QED) is 0.788. The number of hydrogen-bond donors (Lipinski definition) is 1. The molecule has 1 aliphatic rings. The summed E-state index contributed by atoms with van der Waals surface area (Å²) in [5, 5.41) is 8.58. The molecule has 27 heavy (non-hydrogen) atoms. The average molecular weight is 411 g/mol. The first-order chi connectivity index (χ1) is 12.9. The molecular formula is C18H23ClN4O3S. The van der Waals surface area contributed by atoms with Crippen LogP contribution in [0, 0.1) is 12.8 Å². The number of aromatic nitrogens is 2. The normalized spacial score (nSPS) is 15.7. The van der Waals surface area contributed by atoms with Gasteiger partial charge in [0.15, 0.2) is 5.82 Å². The summed E-state index contributed by atoms with van der Waals surface area (Å²) in [6.07, 6.45) is 1.78. The Kier molecular flexibility index (Phi) is 6.18. The fourth-order valence-corrected chi connectivity index (χ4v) is 4.52. The Hall–Kier alpha value is -1.90. The molecule has 0 aliphatic carbocycles. The second-order valence-electron chi connectivity index (χ2n) is 6.61. The lowest BCUT2D eigenvalue weighted by Crippen LogP contribution is -2.39. The SMILES string of the molecule is COc1ccc(S(=O)(=O)NCC2CCN(c3ccc(C)nn3)CC2)cc1Cl. The maximum atomic E-state index is 12.5. The number of benzene rings is 1. The largest absolute Gasteiger partial charge is 0.495 e. The Bertz CT molecular complexity index is 882. The molecule has 0 radical (unpaired) electrons. The van der Waals surface area contributed by atoms with Crippen LogP contribution < -0.4 is 14.4 Å². The first-order valence-corrected chi connectivity index (χ1v) is 10.6. The highest BCUT2D eigenvalue weighted by molar-refractivity contribution is 7.89. The lowest BCUT2D eigenvalue weighted by molar-refractivity contribution is 0.400. The van der Waals surface area contributed by atoms with Gasteiger partial charge in [-0.15, -0.1) is 5.10 Å². The molecule has 0 saturated carbocycles. The zero-order chi connectivity index (χ0) is 19.4. The Labute approximate surface area is 164 Å². The van der Waals surface area contributed by atoms with E-state index in [1.807, 2.05) is 19.1 Å². The number of rotatable bonds is 6. The van der Waals surface area contributed by atoms with Crippen LogP contribution in [0.5, 0.6) is 5.75 Å². The average Bonchev–Trinajstić information content (AvgIpc) is 2.67. The molecule has 146 valence electrons. The van der Waals surface area contributed by atoms with Gasteiger partial charge in [0.2, 0.25) is 10.0 Å². The molecule has 2 aromatic rings. The van der Waals surface area contributed by atoms with Gasteiger partial charge in [-0.05, 0) is 56.0 Å². The van der Waals surface area contributed by atoms with E-state index in [0.717, 1.165) is 37.4 Å². The van der Waals surface area contributed by atoms with Crippen LogP contribution >= 0.6 is 11.6 Å². The van der Waals surface area contributed by atoms with Crippen molar-refractivity contribution in [3.8, 4) is 5.75 Å². The monoisotopic (exact) mass is 410 g/mol. The van der Waals surface area contributed by atoms with Gasteiger partial charge in [-0.3, -0.25) is 0 Å². The molecule has 0 bridgehead atoms. The van der Waals surface area contributed by atoms with Gasteiger partial charge >= 0.3 is 0 Å². The summed E-state index contributed by atoms with van der Waals surface area (Å²) in [6, 6.07) is 8.37. The van der Waals surface area contributed by atoms with Crippen LogP contribution in [0.1, 0.15) is 18.5 Å². The van der Waals surface area contributed by atoms with Crippen molar-refractivity contribution < 1.29 is 13.2 Å². The lowest BCUT2D eigenvalue weighted by Gasteiger charge is -2.32. The summed E-state index contributed by atoms with van der Waals surface area (Å²) in [6.45, 7) is 3.97. The van der Waals surface area contributed by atoms with Crippen LogP contribution in [0.15, 0.2) is 35.2 Å². The Balaban J connectivity index is 1.54. The van der Waals surface area contributed by atoms with E-state index < -0.39 is 10.0 Å². The molecule has 2 heterocycles. The summed E-state index contributed by atoms with van der Waals surface area (Å²) >= 11 is 6.03. The first kappa shape index (κ1) is 19.9. The summed E-state index contributed by atoms with van der Waals surface area (Å²) in [5.41, 5.74) is 0.890. The molecule has 0 atom stereocenters.